The number of allylic oxidation sites excluding steroid dienone is 1. The lowest BCUT2D eigenvalue weighted by atomic mass is 10.1. The normalized spacial score (nSPS) is 10.3. The Balaban J connectivity index is 1.80. The zero-order valence-corrected chi connectivity index (χ0v) is 12.2. The summed E-state index contributed by atoms with van der Waals surface area (Å²) in [5, 5.41) is 0. The third kappa shape index (κ3) is 9.35. The molecule has 0 aromatic heterocycles. The van der Waals surface area contributed by atoms with Gasteiger partial charge in [0.1, 0.15) is 5.75 Å². The predicted octanol–water partition coefficient (Wildman–Crippen LogP) is 5.76. The standard InChI is InChI=1S/C18H28O/c1-2-3-4-5-6-7-8-9-10-14-17-19-18-15-12-11-13-16-18/h2,11-13,15-16H,1,3-10,14,17H2. The molecule has 0 aliphatic heterocycles. The minimum Gasteiger partial charge on any atom is -0.494 e. The van der Waals surface area contributed by atoms with Crippen LogP contribution in [0.15, 0.2) is 43.0 Å². The van der Waals surface area contributed by atoms with E-state index in [2.05, 4.69) is 6.58 Å². The maximum Gasteiger partial charge on any atom is 0.119 e. The van der Waals surface area contributed by atoms with E-state index in [1.54, 1.807) is 0 Å². The molecule has 0 saturated heterocycles. The number of rotatable bonds is 12. The highest BCUT2D eigenvalue weighted by atomic mass is 16.5. The molecule has 0 aliphatic rings. The van der Waals surface area contributed by atoms with Crippen molar-refractivity contribution in [1.29, 1.82) is 0 Å². The maximum absolute atomic E-state index is 5.67. The first-order chi connectivity index (χ1) is 9.43. The fraction of sp³-hybridized carbons (Fsp3) is 0.556. The first kappa shape index (κ1) is 15.8. The van der Waals surface area contributed by atoms with Crippen LogP contribution in [0, 0.1) is 0 Å². The lowest BCUT2D eigenvalue weighted by Gasteiger charge is -2.05. The van der Waals surface area contributed by atoms with Crippen molar-refractivity contribution in [3.8, 4) is 5.75 Å². The molecule has 0 heterocycles. The van der Waals surface area contributed by atoms with Crippen LogP contribution in [0.1, 0.15) is 57.8 Å². The Hall–Kier alpha value is -1.24. The summed E-state index contributed by atoms with van der Waals surface area (Å²) in [7, 11) is 0. The molecule has 0 saturated carbocycles. The van der Waals surface area contributed by atoms with Crippen LogP contribution in [0.5, 0.6) is 5.75 Å². The van der Waals surface area contributed by atoms with Crippen molar-refractivity contribution in [3.05, 3.63) is 43.0 Å². The van der Waals surface area contributed by atoms with E-state index in [0.717, 1.165) is 12.4 Å². The van der Waals surface area contributed by atoms with E-state index in [4.69, 9.17) is 4.74 Å². The van der Waals surface area contributed by atoms with Crippen molar-refractivity contribution in [3.63, 3.8) is 0 Å². The van der Waals surface area contributed by atoms with Crippen molar-refractivity contribution < 1.29 is 4.74 Å². The number of benzene rings is 1. The van der Waals surface area contributed by atoms with E-state index in [1.807, 2.05) is 36.4 Å². The highest BCUT2D eigenvalue weighted by Gasteiger charge is 1.94. The summed E-state index contributed by atoms with van der Waals surface area (Å²) in [5.74, 6) is 0.990. The molecule has 0 N–H and O–H groups in total. The van der Waals surface area contributed by atoms with Crippen LogP contribution in [0.4, 0.5) is 0 Å². The zero-order valence-electron chi connectivity index (χ0n) is 12.2. The molecule has 0 atom stereocenters. The Kier molecular flexibility index (Phi) is 9.85. The second-order valence-electron chi connectivity index (χ2n) is 5.07. The molecule has 1 heteroatoms. The number of ether oxygens (including phenoxy) is 1. The van der Waals surface area contributed by atoms with Gasteiger partial charge < -0.3 is 4.74 Å². The fourth-order valence-corrected chi connectivity index (χ4v) is 2.16. The monoisotopic (exact) mass is 260 g/mol. The van der Waals surface area contributed by atoms with Gasteiger partial charge in [-0.3, -0.25) is 0 Å². The molecular formula is C18H28O. The van der Waals surface area contributed by atoms with E-state index in [-0.39, 0.29) is 0 Å². The Morgan fingerprint density at radius 2 is 1.37 bits per heavy atom. The molecule has 1 aromatic rings. The summed E-state index contributed by atoms with van der Waals surface area (Å²) in [6.07, 6.45) is 13.8. The van der Waals surface area contributed by atoms with E-state index >= 15 is 0 Å². The molecule has 0 fully saturated rings. The molecular weight excluding hydrogens is 232 g/mol. The average molecular weight is 260 g/mol. The second kappa shape index (κ2) is 11.8. The molecule has 1 rings (SSSR count). The van der Waals surface area contributed by atoms with Crippen LogP contribution in [-0.4, -0.2) is 6.61 Å². The van der Waals surface area contributed by atoms with Crippen molar-refractivity contribution >= 4 is 0 Å². The fourth-order valence-electron chi connectivity index (χ4n) is 2.16. The molecule has 0 radical (unpaired) electrons. The summed E-state index contributed by atoms with van der Waals surface area (Å²) in [6.45, 7) is 4.60. The minimum absolute atomic E-state index is 0.851. The van der Waals surface area contributed by atoms with Gasteiger partial charge in [0.05, 0.1) is 6.61 Å². The third-order valence-corrected chi connectivity index (χ3v) is 3.31. The number of unbranched alkanes of at least 4 members (excludes halogenated alkanes) is 8. The molecule has 0 amide bonds. The van der Waals surface area contributed by atoms with Gasteiger partial charge in [0.15, 0.2) is 0 Å². The van der Waals surface area contributed by atoms with Gasteiger partial charge in [-0.15, -0.1) is 6.58 Å². The summed E-state index contributed by atoms with van der Waals surface area (Å²) >= 11 is 0. The topological polar surface area (TPSA) is 9.23 Å². The third-order valence-electron chi connectivity index (χ3n) is 3.31. The highest BCUT2D eigenvalue weighted by Crippen LogP contribution is 2.11. The van der Waals surface area contributed by atoms with Crippen LogP contribution in [0.25, 0.3) is 0 Å². The summed E-state index contributed by atoms with van der Waals surface area (Å²) < 4.78 is 5.67. The van der Waals surface area contributed by atoms with Crippen molar-refractivity contribution in [2.45, 2.75) is 57.8 Å². The molecule has 0 spiro atoms. The lowest BCUT2D eigenvalue weighted by Crippen LogP contribution is -1.96. The van der Waals surface area contributed by atoms with Crippen LogP contribution in [0.3, 0.4) is 0 Å². The smallest absolute Gasteiger partial charge is 0.119 e. The largest absolute Gasteiger partial charge is 0.494 e. The van der Waals surface area contributed by atoms with E-state index in [9.17, 15) is 0 Å². The lowest BCUT2D eigenvalue weighted by molar-refractivity contribution is 0.304. The molecule has 0 unspecified atom stereocenters. The Bertz CT molecular complexity index is 305. The van der Waals surface area contributed by atoms with Crippen LogP contribution in [-0.2, 0) is 0 Å². The summed E-state index contributed by atoms with van der Waals surface area (Å²) in [5.41, 5.74) is 0. The Morgan fingerprint density at radius 3 is 2.00 bits per heavy atom. The van der Waals surface area contributed by atoms with Gasteiger partial charge in [0.25, 0.3) is 0 Å². The van der Waals surface area contributed by atoms with Gasteiger partial charge in [0, 0.05) is 0 Å². The first-order valence-electron chi connectivity index (χ1n) is 7.72. The van der Waals surface area contributed by atoms with Crippen molar-refractivity contribution in [1.82, 2.24) is 0 Å². The molecule has 106 valence electrons. The zero-order chi connectivity index (χ0) is 13.6. The number of para-hydroxylation sites is 1. The van der Waals surface area contributed by atoms with Gasteiger partial charge in [-0.05, 0) is 31.4 Å². The molecule has 1 nitrogen and oxygen atoms in total. The van der Waals surface area contributed by atoms with Crippen molar-refractivity contribution in [2.24, 2.45) is 0 Å². The quantitative estimate of drug-likeness (QED) is 0.343. The Labute approximate surface area is 118 Å². The van der Waals surface area contributed by atoms with E-state index in [0.29, 0.717) is 0 Å². The van der Waals surface area contributed by atoms with Gasteiger partial charge >= 0.3 is 0 Å². The molecule has 19 heavy (non-hydrogen) atoms. The first-order valence-corrected chi connectivity index (χ1v) is 7.72. The van der Waals surface area contributed by atoms with E-state index in [1.165, 1.54) is 57.8 Å². The van der Waals surface area contributed by atoms with Gasteiger partial charge in [-0.2, -0.15) is 0 Å². The van der Waals surface area contributed by atoms with Crippen molar-refractivity contribution in [2.75, 3.05) is 6.61 Å². The molecule has 1 aromatic carbocycles. The Morgan fingerprint density at radius 1 is 0.789 bits per heavy atom. The highest BCUT2D eigenvalue weighted by molar-refractivity contribution is 5.20. The molecule has 0 aliphatic carbocycles. The van der Waals surface area contributed by atoms with E-state index < -0.39 is 0 Å². The van der Waals surface area contributed by atoms with Crippen LogP contribution in [0.2, 0.25) is 0 Å². The average Bonchev–Trinajstić information content (AvgIpc) is 2.46. The van der Waals surface area contributed by atoms with Crippen LogP contribution < -0.4 is 4.74 Å². The minimum atomic E-state index is 0.851. The second-order valence-corrected chi connectivity index (χ2v) is 5.07. The van der Waals surface area contributed by atoms with Crippen LogP contribution >= 0.6 is 0 Å². The van der Waals surface area contributed by atoms with Gasteiger partial charge in [-0.25, -0.2) is 0 Å². The summed E-state index contributed by atoms with van der Waals surface area (Å²) in [6, 6.07) is 10.1. The molecule has 0 bridgehead atoms. The van der Waals surface area contributed by atoms with Gasteiger partial charge in [0.2, 0.25) is 0 Å². The number of hydrogen-bond donors (Lipinski definition) is 0. The predicted molar refractivity (Wildman–Crippen MR) is 83.7 cm³/mol. The van der Waals surface area contributed by atoms with Gasteiger partial charge in [-0.1, -0.05) is 62.8 Å². The maximum atomic E-state index is 5.67. The summed E-state index contributed by atoms with van der Waals surface area (Å²) in [4.78, 5) is 0. The number of hydrogen-bond acceptors (Lipinski definition) is 1. The SMILES string of the molecule is C=CCCCCCCCCCCOc1ccccc1.